The minimum absolute atomic E-state index is 0.0126. The molecule has 1 amide bonds. The second-order valence-corrected chi connectivity index (χ2v) is 5.75. The Hall–Kier alpha value is -3.40. The molecule has 27 heavy (non-hydrogen) atoms. The van der Waals surface area contributed by atoms with Crippen molar-refractivity contribution in [2.45, 2.75) is 6.92 Å². The number of pyridine rings is 1. The van der Waals surface area contributed by atoms with Gasteiger partial charge in [-0.25, -0.2) is 19.1 Å². The van der Waals surface area contributed by atoms with Crippen LogP contribution >= 0.6 is 11.6 Å². The zero-order valence-corrected chi connectivity index (χ0v) is 14.7. The number of amides is 1. The number of halogens is 2. The van der Waals surface area contributed by atoms with Gasteiger partial charge in [0.15, 0.2) is 11.5 Å². The molecule has 140 valence electrons. The number of anilines is 2. The number of rotatable bonds is 4. The summed E-state index contributed by atoms with van der Waals surface area (Å²) in [7, 11) is 0. The van der Waals surface area contributed by atoms with Gasteiger partial charge in [-0.15, -0.1) is 0 Å². The number of hydrogen-bond donors (Lipinski definition) is 4. The van der Waals surface area contributed by atoms with Gasteiger partial charge in [0, 0.05) is 24.0 Å². The molecule has 11 heteroatoms. The SMILES string of the molecule is CCN(C(=O)O)c1nc2nccc(/C(=N\O)Nc3ccc(F)c(Cl)c3)c2[nH]1. The number of amidine groups is 1. The Morgan fingerprint density at radius 3 is 2.85 bits per heavy atom. The van der Waals surface area contributed by atoms with E-state index in [-0.39, 0.29) is 29.0 Å². The number of nitrogens with zero attached hydrogens (tertiary/aromatic N) is 4. The minimum atomic E-state index is -1.17. The lowest BCUT2D eigenvalue weighted by atomic mass is 10.2. The van der Waals surface area contributed by atoms with Crippen LogP contribution in [0.25, 0.3) is 11.2 Å². The fraction of sp³-hybridized carbons (Fsp3) is 0.125. The van der Waals surface area contributed by atoms with Crippen molar-refractivity contribution in [2.75, 3.05) is 16.8 Å². The number of imidazole rings is 1. The molecule has 0 aliphatic rings. The lowest BCUT2D eigenvalue weighted by molar-refractivity contribution is 0.202. The zero-order chi connectivity index (χ0) is 19.6. The maximum atomic E-state index is 13.3. The first kappa shape index (κ1) is 18.4. The average Bonchev–Trinajstić information content (AvgIpc) is 3.06. The van der Waals surface area contributed by atoms with Crippen molar-refractivity contribution < 1.29 is 19.5 Å². The smallest absolute Gasteiger partial charge is 0.414 e. The summed E-state index contributed by atoms with van der Waals surface area (Å²) in [5, 5.41) is 24.6. The predicted octanol–water partition coefficient (Wildman–Crippen LogP) is 3.50. The number of benzene rings is 1. The third-order valence-electron chi connectivity index (χ3n) is 3.72. The third-order valence-corrected chi connectivity index (χ3v) is 4.01. The highest BCUT2D eigenvalue weighted by Gasteiger charge is 2.20. The van der Waals surface area contributed by atoms with Crippen molar-refractivity contribution in [3.05, 3.63) is 46.9 Å². The lowest BCUT2D eigenvalue weighted by Gasteiger charge is -2.12. The quantitative estimate of drug-likeness (QED) is 0.233. The standard InChI is InChI=1S/C16H14ClFN6O3/c1-2-24(16(25)26)15-21-12-9(5-6-19-14(12)22-15)13(23-27)20-8-3-4-11(18)10(17)7-8/h3-7,27H,2H2,1H3,(H,20,23)(H,25,26)(H,19,21,22). The molecule has 0 bridgehead atoms. The molecule has 1 aromatic carbocycles. The third kappa shape index (κ3) is 3.60. The molecular weight excluding hydrogens is 379 g/mol. The molecule has 0 saturated heterocycles. The van der Waals surface area contributed by atoms with Crippen LogP contribution in [0.5, 0.6) is 0 Å². The van der Waals surface area contributed by atoms with Gasteiger partial charge in [-0.1, -0.05) is 16.8 Å². The molecule has 0 radical (unpaired) electrons. The molecule has 3 aromatic rings. The molecule has 2 aromatic heterocycles. The van der Waals surface area contributed by atoms with Crippen molar-refractivity contribution in [3.63, 3.8) is 0 Å². The predicted molar refractivity (Wildman–Crippen MR) is 98.3 cm³/mol. The molecule has 2 heterocycles. The summed E-state index contributed by atoms with van der Waals surface area (Å²) < 4.78 is 13.3. The topological polar surface area (TPSA) is 127 Å². The summed E-state index contributed by atoms with van der Waals surface area (Å²) in [6.45, 7) is 1.84. The summed E-state index contributed by atoms with van der Waals surface area (Å²) in [5.41, 5.74) is 1.37. The van der Waals surface area contributed by atoms with E-state index in [1.165, 1.54) is 24.4 Å². The van der Waals surface area contributed by atoms with Crippen LogP contribution in [0.1, 0.15) is 12.5 Å². The van der Waals surface area contributed by atoms with Crippen molar-refractivity contribution in [1.29, 1.82) is 0 Å². The van der Waals surface area contributed by atoms with Crippen LogP contribution in [-0.2, 0) is 0 Å². The largest absolute Gasteiger partial charge is 0.465 e. The number of aromatic nitrogens is 3. The Balaban J connectivity index is 2.02. The Labute approximate surface area is 157 Å². The van der Waals surface area contributed by atoms with Gasteiger partial charge in [-0.2, -0.15) is 4.98 Å². The normalized spacial score (nSPS) is 11.6. The van der Waals surface area contributed by atoms with E-state index in [9.17, 15) is 19.5 Å². The molecule has 0 aliphatic carbocycles. The van der Waals surface area contributed by atoms with Crippen molar-refractivity contribution in [3.8, 4) is 0 Å². The molecular formula is C16H14ClFN6O3. The van der Waals surface area contributed by atoms with E-state index in [0.717, 1.165) is 4.90 Å². The van der Waals surface area contributed by atoms with Crippen molar-refractivity contribution in [1.82, 2.24) is 15.0 Å². The molecule has 0 fully saturated rings. The van der Waals surface area contributed by atoms with Gasteiger partial charge in [0.05, 0.1) is 10.5 Å². The van der Waals surface area contributed by atoms with Crippen LogP contribution in [0.15, 0.2) is 35.6 Å². The number of carbonyl (C=O) groups is 1. The van der Waals surface area contributed by atoms with Crippen LogP contribution in [0.3, 0.4) is 0 Å². The van der Waals surface area contributed by atoms with E-state index in [1.807, 2.05) is 0 Å². The van der Waals surface area contributed by atoms with E-state index >= 15 is 0 Å². The summed E-state index contributed by atoms with van der Waals surface area (Å²) in [5.74, 6) is -0.483. The van der Waals surface area contributed by atoms with Gasteiger partial charge in [0.25, 0.3) is 0 Å². The van der Waals surface area contributed by atoms with Gasteiger partial charge in [0.2, 0.25) is 5.95 Å². The van der Waals surface area contributed by atoms with E-state index < -0.39 is 11.9 Å². The van der Waals surface area contributed by atoms with Gasteiger partial charge in [-0.05, 0) is 31.2 Å². The number of fused-ring (bicyclic) bond motifs is 1. The van der Waals surface area contributed by atoms with Gasteiger partial charge in [-0.3, -0.25) is 0 Å². The average molecular weight is 393 g/mol. The summed E-state index contributed by atoms with van der Waals surface area (Å²) in [6, 6.07) is 5.48. The lowest BCUT2D eigenvalue weighted by Crippen LogP contribution is -2.29. The van der Waals surface area contributed by atoms with E-state index in [0.29, 0.717) is 16.8 Å². The number of nitrogens with one attached hydrogen (secondary N) is 2. The van der Waals surface area contributed by atoms with Crippen LogP contribution in [-0.4, -0.2) is 43.7 Å². The Morgan fingerprint density at radius 1 is 1.44 bits per heavy atom. The maximum absolute atomic E-state index is 13.3. The highest BCUT2D eigenvalue weighted by Crippen LogP contribution is 2.23. The van der Waals surface area contributed by atoms with Crippen molar-refractivity contribution in [2.24, 2.45) is 5.16 Å². The molecule has 0 saturated carbocycles. The second-order valence-electron chi connectivity index (χ2n) is 5.35. The van der Waals surface area contributed by atoms with Gasteiger partial charge < -0.3 is 20.6 Å². The fourth-order valence-electron chi connectivity index (χ4n) is 2.46. The van der Waals surface area contributed by atoms with Crippen LogP contribution in [0.2, 0.25) is 5.02 Å². The number of aromatic amines is 1. The number of hydrogen-bond acceptors (Lipinski definition) is 5. The Bertz CT molecular complexity index is 1040. The highest BCUT2D eigenvalue weighted by molar-refractivity contribution is 6.31. The molecule has 0 aliphatic heterocycles. The highest BCUT2D eigenvalue weighted by atomic mass is 35.5. The van der Waals surface area contributed by atoms with Crippen LogP contribution < -0.4 is 10.2 Å². The number of oxime groups is 1. The maximum Gasteiger partial charge on any atom is 0.414 e. The minimum Gasteiger partial charge on any atom is -0.465 e. The van der Waals surface area contributed by atoms with Crippen LogP contribution in [0.4, 0.5) is 20.8 Å². The van der Waals surface area contributed by atoms with Gasteiger partial charge in [0.1, 0.15) is 5.82 Å². The first-order chi connectivity index (χ1) is 12.9. The first-order valence-electron chi connectivity index (χ1n) is 7.74. The number of H-pyrrole nitrogens is 1. The van der Waals surface area contributed by atoms with E-state index in [1.54, 1.807) is 13.0 Å². The summed E-state index contributed by atoms with van der Waals surface area (Å²) in [4.78, 5) is 23.4. The van der Waals surface area contributed by atoms with E-state index in [4.69, 9.17) is 11.6 Å². The van der Waals surface area contributed by atoms with Gasteiger partial charge >= 0.3 is 6.09 Å². The van der Waals surface area contributed by atoms with E-state index in [2.05, 4.69) is 25.4 Å². The number of carboxylic acid groups (broad SMARTS) is 1. The monoisotopic (exact) mass is 392 g/mol. The first-order valence-corrected chi connectivity index (χ1v) is 8.12. The molecule has 4 N–H and O–H groups in total. The van der Waals surface area contributed by atoms with Crippen LogP contribution in [0, 0.1) is 5.82 Å². The van der Waals surface area contributed by atoms with Crippen molar-refractivity contribution >= 4 is 46.3 Å². The summed E-state index contributed by atoms with van der Waals surface area (Å²) in [6.07, 6.45) is 0.261. The fourth-order valence-corrected chi connectivity index (χ4v) is 2.64. The zero-order valence-electron chi connectivity index (χ0n) is 13.9. The molecule has 3 rings (SSSR count). The Kier molecular flexibility index (Phi) is 5.08. The second kappa shape index (κ2) is 7.46. The summed E-state index contributed by atoms with van der Waals surface area (Å²) >= 11 is 5.76. The molecule has 0 atom stereocenters. The molecule has 9 nitrogen and oxygen atoms in total. The molecule has 0 unspecified atom stereocenters. The Morgan fingerprint density at radius 2 is 2.22 bits per heavy atom. The molecule has 0 spiro atoms.